The Morgan fingerprint density at radius 2 is 1.97 bits per heavy atom. The van der Waals surface area contributed by atoms with E-state index in [9.17, 15) is 4.79 Å². The van der Waals surface area contributed by atoms with Crippen LogP contribution in [0.1, 0.15) is 37.3 Å². The first-order valence-electron chi connectivity index (χ1n) is 11.0. The summed E-state index contributed by atoms with van der Waals surface area (Å²) < 4.78 is 1.80. The van der Waals surface area contributed by atoms with Crippen molar-refractivity contribution >= 4 is 34.7 Å². The van der Waals surface area contributed by atoms with Gasteiger partial charge in [0.1, 0.15) is 11.6 Å². The van der Waals surface area contributed by atoms with E-state index in [2.05, 4.69) is 25.9 Å². The van der Waals surface area contributed by atoms with Gasteiger partial charge in [-0.1, -0.05) is 18.2 Å². The first kappa shape index (κ1) is 18.9. The Labute approximate surface area is 184 Å². The summed E-state index contributed by atoms with van der Waals surface area (Å²) in [5.74, 6) is 2.49. The molecule has 0 bridgehead atoms. The number of H-pyrrole nitrogens is 1. The molecule has 1 atom stereocenters. The number of carbonyl (C=O) groups excluding carboxylic acids is 1. The van der Waals surface area contributed by atoms with Crippen LogP contribution in [0.3, 0.4) is 0 Å². The number of nitrogens with zero attached hydrogens (tertiary/aromatic N) is 5. The lowest BCUT2D eigenvalue weighted by Crippen LogP contribution is -2.40. The van der Waals surface area contributed by atoms with E-state index in [0.29, 0.717) is 17.7 Å². The van der Waals surface area contributed by atoms with Gasteiger partial charge < -0.3 is 15.5 Å². The average Bonchev–Trinajstić information content (AvgIpc) is 3.20. The Balaban J connectivity index is 1.28. The highest BCUT2D eigenvalue weighted by atomic mass is 16.2. The molecule has 2 aliphatic rings. The molecule has 1 saturated carbocycles. The van der Waals surface area contributed by atoms with Gasteiger partial charge in [0.25, 0.3) is 0 Å². The quantitative estimate of drug-likeness (QED) is 0.433. The number of fused-ring (bicyclic) bond motifs is 1. The third kappa shape index (κ3) is 3.55. The van der Waals surface area contributed by atoms with Crippen molar-refractivity contribution < 1.29 is 4.79 Å². The van der Waals surface area contributed by atoms with Gasteiger partial charge in [-0.2, -0.15) is 10.1 Å². The van der Waals surface area contributed by atoms with E-state index in [4.69, 9.17) is 4.98 Å². The fourth-order valence-corrected chi connectivity index (χ4v) is 4.29. The van der Waals surface area contributed by atoms with Gasteiger partial charge in [0.05, 0.1) is 0 Å². The topological polar surface area (TPSA) is 103 Å². The van der Waals surface area contributed by atoms with Crippen LogP contribution in [-0.2, 0) is 4.79 Å². The molecule has 0 radical (unpaired) electrons. The number of nitrogens with one attached hydrogen (secondary N) is 3. The smallest absolute Gasteiger partial charge is 0.247 e. The van der Waals surface area contributed by atoms with Crippen molar-refractivity contribution in [1.29, 1.82) is 0 Å². The molecule has 9 heteroatoms. The molecule has 1 aromatic carbocycles. The summed E-state index contributed by atoms with van der Waals surface area (Å²) in [6, 6.07) is 15.2. The van der Waals surface area contributed by atoms with Crippen LogP contribution in [0.5, 0.6) is 0 Å². The second kappa shape index (κ2) is 7.67. The molecule has 162 valence electrons. The molecule has 0 spiro atoms. The molecule has 1 amide bonds. The minimum Gasteiger partial charge on any atom is -0.327 e. The average molecular weight is 429 g/mol. The van der Waals surface area contributed by atoms with Crippen LogP contribution >= 0.6 is 0 Å². The lowest BCUT2D eigenvalue weighted by Gasteiger charge is -2.24. The summed E-state index contributed by atoms with van der Waals surface area (Å²) in [6.45, 7) is 0.729. The van der Waals surface area contributed by atoms with Crippen molar-refractivity contribution in [2.24, 2.45) is 0 Å². The van der Waals surface area contributed by atoms with Crippen LogP contribution in [0.15, 0.2) is 54.7 Å². The summed E-state index contributed by atoms with van der Waals surface area (Å²) >= 11 is 0. The lowest BCUT2D eigenvalue weighted by molar-refractivity contribution is -0.117. The number of anilines is 4. The van der Waals surface area contributed by atoms with Crippen LogP contribution in [0.25, 0.3) is 5.52 Å². The third-order valence-electron chi connectivity index (χ3n) is 6.09. The standard InChI is InChI=1S/C23H24N8O/c32-22(24-16-6-2-1-3-7-16)19-9-4-12-30(19)23-26-21(18-8-5-13-31(18)29-23)25-20-14-17(27-28-20)15-10-11-15/h1-3,5-8,13-15,19H,4,9-12H2,(H,24,32)(H2,25,26,27,28,29)/t19-/m0/s1. The Morgan fingerprint density at radius 3 is 2.81 bits per heavy atom. The second-order valence-electron chi connectivity index (χ2n) is 8.41. The van der Waals surface area contributed by atoms with Crippen molar-refractivity contribution in [2.75, 3.05) is 22.1 Å². The molecule has 1 saturated heterocycles. The first-order valence-corrected chi connectivity index (χ1v) is 11.0. The van der Waals surface area contributed by atoms with Crippen LogP contribution in [0, 0.1) is 0 Å². The van der Waals surface area contributed by atoms with E-state index in [1.807, 2.05) is 59.6 Å². The molecule has 2 fully saturated rings. The van der Waals surface area contributed by atoms with E-state index in [1.54, 1.807) is 4.52 Å². The monoisotopic (exact) mass is 428 g/mol. The van der Waals surface area contributed by atoms with E-state index < -0.39 is 0 Å². The number of aromatic nitrogens is 5. The van der Waals surface area contributed by atoms with Crippen molar-refractivity contribution in [2.45, 2.75) is 37.6 Å². The molecular formula is C23H24N8O. The predicted octanol–water partition coefficient (Wildman–Crippen LogP) is 3.68. The molecule has 4 heterocycles. The molecule has 1 aliphatic heterocycles. The minimum atomic E-state index is -0.317. The molecule has 4 aromatic rings. The fourth-order valence-electron chi connectivity index (χ4n) is 4.29. The van der Waals surface area contributed by atoms with Gasteiger partial charge in [-0.3, -0.25) is 9.89 Å². The molecule has 9 nitrogen and oxygen atoms in total. The number of aromatic amines is 1. The van der Waals surface area contributed by atoms with Crippen LogP contribution < -0.4 is 15.5 Å². The maximum atomic E-state index is 13.0. The molecule has 3 N–H and O–H groups in total. The Kier molecular flexibility index (Phi) is 4.52. The maximum absolute atomic E-state index is 13.0. The summed E-state index contributed by atoms with van der Waals surface area (Å²) in [5.41, 5.74) is 2.80. The Morgan fingerprint density at radius 1 is 1.09 bits per heavy atom. The largest absolute Gasteiger partial charge is 0.327 e. The maximum Gasteiger partial charge on any atom is 0.247 e. The van der Waals surface area contributed by atoms with Gasteiger partial charge >= 0.3 is 0 Å². The van der Waals surface area contributed by atoms with Gasteiger partial charge in [0, 0.05) is 36.1 Å². The molecule has 3 aromatic heterocycles. The van der Waals surface area contributed by atoms with Gasteiger partial charge in [0.15, 0.2) is 11.6 Å². The van der Waals surface area contributed by atoms with Gasteiger partial charge in [-0.05, 0) is 49.9 Å². The van der Waals surface area contributed by atoms with Crippen LogP contribution in [0.2, 0.25) is 0 Å². The number of rotatable bonds is 6. The van der Waals surface area contributed by atoms with Gasteiger partial charge in [0.2, 0.25) is 11.9 Å². The number of carbonyl (C=O) groups is 1. The van der Waals surface area contributed by atoms with Crippen LogP contribution in [0.4, 0.5) is 23.3 Å². The predicted molar refractivity (Wildman–Crippen MR) is 122 cm³/mol. The summed E-state index contributed by atoms with van der Waals surface area (Å²) in [6.07, 6.45) is 5.99. The molecule has 0 unspecified atom stereocenters. The summed E-state index contributed by atoms with van der Waals surface area (Å²) in [7, 11) is 0. The number of amides is 1. The zero-order chi connectivity index (χ0) is 21.5. The zero-order valence-corrected chi connectivity index (χ0v) is 17.5. The van der Waals surface area contributed by atoms with Crippen molar-refractivity contribution in [3.05, 3.63) is 60.4 Å². The van der Waals surface area contributed by atoms with E-state index in [-0.39, 0.29) is 11.9 Å². The van der Waals surface area contributed by atoms with E-state index in [1.165, 1.54) is 12.8 Å². The highest BCUT2D eigenvalue weighted by Gasteiger charge is 2.33. The van der Waals surface area contributed by atoms with Crippen molar-refractivity contribution in [3.8, 4) is 0 Å². The SMILES string of the molecule is O=C(Nc1ccccc1)[C@@H]1CCCN1c1nc(Nc2cc(C3CC3)[nH]n2)c2cccn2n1. The summed E-state index contributed by atoms with van der Waals surface area (Å²) in [4.78, 5) is 19.8. The Bertz CT molecular complexity index is 1260. The normalized spacial score (nSPS) is 18.2. The molecule has 6 rings (SSSR count). The highest BCUT2D eigenvalue weighted by Crippen LogP contribution is 2.39. The number of benzene rings is 1. The van der Waals surface area contributed by atoms with Crippen molar-refractivity contribution in [3.63, 3.8) is 0 Å². The van der Waals surface area contributed by atoms with E-state index >= 15 is 0 Å². The minimum absolute atomic E-state index is 0.0409. The third-order valence-corrected chi connectivity index (χ3v) is 6.09. The molecular weight excluding hydrogens is 404 g/mol. The molecule has 1 aliphatic carbocycles. The second-order valence-corrected chi connectivity index (χ2v) is 8.41. The van der Waals surface area contributed by atoms with Gasteiger partial charge in [-0.15, -0.1) is 5.10 Å². The number of hydrogen-bond donors (Lipinski definition) is 3. The van der Waals surface area contributed by atoms with Crippen molar-refractivity contribution in [1.82, 2.24) is 24.8 Å². The van der Waals surface area contributed by atoms with Crippen LogP contribution in [-0.4, -0.2) is 43.3 Å². The fraction of sp³-hybridized carbons (Fsp3) is 0.304. The zero-order valence-electron chi connectivity index (χ0n) is 17.5. The highest BCUT2D eigenvalue weighted by molar-refractivity contribution is 5.97. The van der Waals surface area contributed by atoms with Gasteiger partial charge in [-0.25, -0.2) is 4.52 Å². The van der Waals surface area contributed by atoms with E-state index in [0.717, 1.165) is 42.1 Å². The summed E-state index contributed by atoms with van der Waals surface area (Å²) in [5, 5.41) is 18.6. The number of hydrogen-bond acceptors (Lipinski definition) is 6. The first-order chi connectivity index (χ1) is 15.7. The lowest BCUT2D eigenvalue weighted by atomic mass is 10.2. The Hall–Kier alpha value is -3.88. The number of para-hydroxylation sites is 1. The molecule has 32 heavy (non-hydrogen) atoms.